The third-order valence-electron chi connectivity index (χ3n) is 2.80. The zero-order valence-corrected chi connectivity index (χ0v) is 12.4. The van der Waals surface area contributed by atoms with Crippen LogP contribution in [0.4, 0.5) is 5.69 Å². The highest BCUT2D eigenvalue weighted by atomic mass is 35.5. The number of nitrogens with one attached hydrogen (secondary N) is 1. The fourth-order valence-corrected chi connectivity index (χ4v) is 1.90. The Morgan fingerprint density at radius 2 is 1.95 bits per heavy atom. The average molecular weight is 306 g/mol. The average Bonchev–Trinajstić information content (AvgIpc) is 2.49. The number of carbonyl (C=O) groups is 1. The molecule has 0 saturated carbocycles. The van der Waals surface area contributed by atoms with Crippen molar-refractivity contribution < 1.29 is 14.6 Å². The second-order valence-corrected chi connectivity index (χ2v) is 4.92. The highest BCUT2D eigenvalue weighted by Crippen LogP contribution is 2.27. The van der Waals surface area contributed by atoms with E-state index in [1.54, 1.807) is 30.3 Å². The second kappa shape index (κ2) is 6.99. The molecule has 4 nitrogen and oxygen atoms in total. The molecular weight excluding hydrogens is 290 g/mol. The Balaban J connectivity index is 2.07. The summed E-state index contributed by atoms with van der Waals surface area (Å²) in [5.41, 5.74) is 0.747. The predicted molar refractivity (Wildman–Crippen MR) is 83.3 cm³/mol. The van der Waals surface area contributed by atoms with Crippen LogP contribution in [0.15, 0.2) is 42.5 Å². The number of carbonyl (C=O) groups excluding carboxylic acids is 1. The van der Waals surface area contributed by atoms with Crippen LogP contribution < -0.4 is 10.1 Å². The van der Waals surface area contributed by atoms with Gasteiger partial charge in [-0.3, -0.25) is 4.79 Å². The van der Waals surface area contributed by atoms with Crippen molar-refractivity contribution in [3.8, 4) is 11.5 Å². The molecule has 0 fully saturated rings. The van der Waals surface area contributed by atoms with Crippen LogP contribution in [-0.4, -0.2) is 17.6 Å². The highest BCUT2D eigenvalue weighted by Gasteiger charge is 2.09. The second-order valence-electron chi connectivity index (χ2n) is 4.49. The number of benzene rings is 2. The van der Waals surface area contributed by atoms with Gasteiger partial charge in [-0.25, -0.2) is 0 Å². The highest BCUT2D eigenvalue weighted by molar-refractivity contribution is 6.31. The molecule has 2 rings (SSSR count). The molecule has 5 heteroatoms. The van der Waals surface area contributed by atoms with Gasteiger partial charge in [0.05, 0.1) is 12.3 Å². The smallest absolute Gasteiger partial charge is 0.255 e. The maximum atomic E-state index is 12.1. The van der Waals surface area contributed by atoms with Gasteiger partial charge in [0.2, 0.25) is 0 Å². The summed E-state index contributed by atoms with van der Waals surface area (Å²) in [6.07, 6.45) is 0.927. The van der Waals surface area contributed by atoms with Crippen molar-refractivity contribution >= 4 is 23.2 Å². The molecule has 0 spiro atoms. The first-order valence-electron chi connectivity index (χ1n) is 6.63. The van der Waals surface area contributed by atoms with E-state index in [4.69, 9.17) is 16.3 Å². The predicted octanol–water partition coefficient (Wildman–Crippen LogP) is 4.09. The van der Waals surface area contributed by atoms with Gasteiger partial charge in [0, 0.05) is 10.6 Å². The van der Waals surface area contributed by atoms with Gasteiger partial charge < -0.3 is 15.2 Å². The number of hydrogen-bond acceptors (Lipinski definition) is 3. The Kier molecular flexibility index (Phi) is 5.06. The summed E-state index contributed by atoms with van der Waals surface area (Å²) in [6, 6.07) is 11.3. The quantitative estimate of drug-likeness (QED) is 0.818. The Morgan fingerprint density at radius 3 is 2.62 bits per heavy atom. The number of hydrogen-bond donors (Lipinski definition) is 2. The van der Waals surface area contributed by atoms with Crippen molar-refractivity contribution in [1.82, 2.24) is 0 Å². The van der Waals surface area contributed by atoms with Gasteiger partial charge >= 0.3 is 0 Å². The van der Waals surface area contributed by atoms with Crippen LogP contribution in [0.2, 0.25) is 5.02 Å². The van der Waals surface area contributed by atoms with Gasteiger partial charge in [0.1, 0.15) is 11.5 Å². The lowest BCUT2D eigenvalue weighted by molar-refractivity contribution is 0.102. The van der Waals surface area contributed by atoms with Crippen LogP contribution in [0, 0.1) is 0 Å². The minimum Gasteiger partial charge on any atom is -0.506 e. The van der Waals surface area contributed by atoms with E-state index in [1.807, 2.05) is 6.92 Å². The zero-order valence-electron chi connectivity index (χ0n) is 11.6. The lowest BCUT2D eigenvalue weighted by atomic mass is 10.2. The number of anilines is 1. The number of amides is 1. The molecule has 0 radical (unpaired) electrons. The van der Waals surface area contributed by atoms with E-state index < -0.39 is 0 Å². The minimum absolute atomic E-state index is 0.0318. The minimum atomic E-state index is -0.324. The Labute approximate surface area is 128 Å². The van der Waals surface area contributed by atoms with E-state index in [2.05, 4.69) is 5.32 Å². The summed E-state index contributed by atoms with van der Waals surface area (Å²) in [5.74, 6) is 0.365. The first-order chi connectivity index (χ1) is 10.1. The van der Waals surface area contributed by atoms with E-state index in [0.717, 1.165) is 12.2 Å². The summed E-state index contributed by atoms with van der Waals surface area (Å²) in [5, 5.41) is 12.7. The summed E-state index contributed by atoms with van der Waals surface area (Å²) in [6.45, 7) is 2.67. The molecule has 0 aliphatic heterocycles. The number of phenolic OH excluding ortho intramolecular Hbond substituents is 1. The Bertz CT molecular complexity index is 626. The van der Waals surface area contributed by atoms with Gasteiger partial charge in [-0.2, -0.15) is 0 Å². The summed E-state index contributed by atoms with van der Waals surface area (Å²) >= 11 is 5.84. The van der Waals surface area contributed by atoms with E-state index >= 15 is 0 Å². The van der Waals surface area contributed by atoms with Gasteiger partial charge in [0.15, 0.2) is 0 Å². The van der Waals surface area contributed by atoms with Crippen LogP contribution in [0.5, 0.6) is 11.5 Å². The number of rotatable bonds is 5. The van der Waals surface area contributed by atoms with Crippen molar-refractivity contribution in [2.24, 2.45) is 0 Å². The fourth-order valence-electron chi connectivity index (χ4n) is 1.73. The number of halogens is 1. The molecule has 0 aromatic heterocycles. The molecule has 2 N–H and O–H groups in total. The molecule has 0 aliphatic rings. The third kappa shape index (κ3) is 4.13. The van der Waals surface area contributed by atoms with Gasteiger partial charge in [-0.15, -0.1) is 0 Å². The molecule has 110 valence electrons. The van der Waals surface area contributed by atoms with Gasteiger partial charge in [0.25, 0.3) is 5.91 Å². The molecule has 0 saturated heterocycles. The SMILES string of the molecule is CCCOc1ccc(C(=O)Nc2cc(Cl)ccc2O)cc1. The normalized spacial score (nSPS) is 10.2. The topological polar surface area (TPSA) is 58.6 Å². The largest absolute Gasteiger partial charge is 0.506 e. The summed E-state index contributed by atoms with van der Waals surface area (Å²) in [4.78, 5) is 12.1. The monoisotopic (exact) mass is 305 g/mol. The van der Waals surface area contributed by atoms with Crippen molar-refractivity contribution in [3.05, 3.63) is 53.1 Å². The van der Waals surface area contributed by atoms with E-state index in [1.165, 1.54) is 12.1 Å². The molecule has 0 heterocycles. The summed E-state index contributed by atoms with van der Waals surface area (Å²) < 4.78 is 5.45. The maximum absolute atomic E-state index is 12.1. The molecular formula is C16H16ClNO3. The Morgan fingerprint density at radius 1 is 1.24 bits per heavy atom. The summed E-state index contributed by atoms with van der Waals surface area (Å²) in [7, 11) is 0. The number of ether oxygens (including phenoxy) is 1. The molecule has 0 bridgehead atoms. The van der Waals surface area contributed by atoms with Gasteiger partial charge in [-0.05, 0) is 48.9 Å². The molecule has 21 heavy (non-hydrogen) atoms. The fraction of sp³-hybridized carbons (Fsp3) is 0.188. The zero-order chi connectivity index (χ0) is 15.2. The van der Waals surface area contributed by atoms with Crippen molar-refractivity contribution in [2.75, 3.05) is 11.9 Å². The molecule has 2 aromatic carbocycles. The van der Waals surface area contributed by atoms with Gasteiger partial charge in [-0.1, -0.05) is 18.5 Å². The van der Waals surface area contributed by atoms with E-state index in [-0.39, 0.29) is 17.3 Å². The Hall–Kier alpha value is -2.20. The van der Waals surface area contributed by atoms with Crippen LogP contribution in [0.25, 0.3) is 0 Å². The standard InChI is InChI=1S/C16H16ClNO3/c1-2-9-21-13-6-3-11(4-7-13)16(20)18-14-10-12(17)5-8-15(14)19/h3-8,10,19H,2,9H2,1H3,(H,18,20). The van der Waals surface area contributed by atoms with Crippen molar-refractivity contribution in [3.63, 3.8) is 0 Å². The van der Waals surface area contributed by atoms with Crippen LogP contribution in [0.1, 0.15) is 23.7 Å². The maximum Gasteiger partial charge on any atom is 0.255 e. The first-order valence-corrected chi connectivity index (χ1v) is 7.00. The first kappa shape index (κ1) is 15.2. The van der Waals surface area contributed by atoms with E-state index in [0.29, 0.717) is 17.2 Å². The van der Waals surface area contributed by atoms with Crippen molar-refractivity contribution in [1.29, 1.82) is 0 Å². The molecule has 0 aliphatic carbocycles. The lowest BCUT2D eigenvalue weighted by Gasteiger charge is -2.09. The lowest BCUT2D eigenvalue weighted by Crippen LogP contribution is -2.11. The van der Waals surface area contributed by atoms with Crippen molar-refractivity contribution in [2.45, 2.75) is 13.3 Å². The third-order valence-corrected chi connectivity index (χ3v) is 3.03. The molecule has 1 amide bonds. The molecule has 0 atom stereocenters. The van der Waals surface area contributed by atoms with Crippen LogP contribution >= 0.6 is 11.6 Å². The molecule has 0 unspecified atom stereocenters. The van der Waals surface area contributed by atoms with Crippen LogP contribution in [0.3, 0.4) is 0 Å². The van der Waals surface area contributed by atoms with E-state index in [9.17, 15) is 9.90 Å². The van der Waals surface area contributed by atoms with Crippen LogP contribution in [-0.2, 0) is 0 Å². The number of phenols is 1. The number of aromatic hydroxyl groups is 1. The molecule has 2 aromatic rings.